The number of nitrogens with zero attached hydrogens (tertiary/aromatic N) is 2. The normalized spacial score (nSPS) is 17.7. The van der Waals surface area contributed by atoms with E-state index in [2.05, 4.69) is 11.4 Å². The van der Waals surface area contributed by atoms with Gasteiger partial charge in [0, 0.05) is 31.4 Å². The summed E-state index contributed by atoms with van der Waals surface area (Å²) in [6.45, 7) is 4.69. The zero-order chi connectivity index (χ0) is 16.9. The van der Waals surface area contributed by atoms with Crippen LogP contribution >= 0.6 is 0 Å². The second kappa shape index (κ2) is 7.66. The zero-order valence-electron chi connectivity index (χ0n) is 14.2. The van der Waals surface area contributed by atoms with Gasteiger partial charge >= 0.3 is 6.09 Å². The van der Waals surface area contributed by atoms with Crippen LogP contribution in [0.4, 0.5) is 10.5 Å². The summed E-state index contributed by atoms with van der Waals surface area (Å²) >= 11 is 0. The molecule has 0 atom stereocenters. The molecule has 24 heavy (non-hydrogen) atoms. The van der Waals surface area contributed by atoms with Crippen LogP contribution in [0.15, 0.2) is 24.3 Å². The van der Waals surface area contributed by atoms with Gasteiger partial charge in [-0.15, -0.1) is 0 Å². The third-order valence-corrected chi connectivity index (χ3v) is 4.75. The number of carbonyl (C=O) groups excluding carboxylic acids is 2. The van der Waals surface area contributed by atoms with Crippen molar-refractivity contribution in [3.8, 4) is 0 Å². The minimum Gasteiger partial charge on any atom is -0.450 e. The van der Waals surface area contributed by atoms with Crippen LogP contribution in [0.5, 0.6) is 0 Å². The maximum atomic E-state index is 12.5. The van der Waals surface area contributed by atoms with Gasteiger partial charge in [0.1, 0.15) is 0 Å². The molecule has 1 aromatic carbocycles. The van der Waals surface area contributed by atoms with Crippen molar-refractivity contribution in [3.63, 3.8) is 0 Å². The number of benzene rings is 1. The standard InChI is InChI=1S/C18H25N3O3/c1-2-24-18(23)20-10-8-15(9-11-20)19-13-17(22)21-12-7-14-5-3-4-6-16(14)21/h3-6,15,19H,2,7-13H2,1H3. The Balaban J connectivity index is 1.44. The largest absolute Gasteiger partial charge is 0.450 e. The Morgan fingerprint density at radius 1 is 1.21 bits per heavy atom. The molecule has 130 valence electrons. The molecule has 0 bridgehead atoms. The summed E-state index contributed by atoms with van der Waals surface area (Å²) in [7, 11) is 0. The number of hydrogen-bond acceptors (Lipinski definition) is 4. The maximum absolute atomic E-state index is 12.5. The van der Waals surface area contributed by atoms with Gasteiger partial charge in [0.25, 0.3) is 0 Å². The predicted octanol–water partition coefficient (Wildman–Crippen LogP) is 1.79. The summed E-state index contributed by atoms with van der Waals surface area (Å²) in [6.07, 6.45) is 2.39. The molecule has 1 aromatic rings. The Labute approximate surface area is 142 Å². The molecule has 0 aliphatic carbocycles. The molecule has 0 spiro atoms. The van der Waals surface area contributed by atoms with Gasteiger partial charge < -0.3 is 19.9 Å². The van der Waals surface area contributed by atoms with Crippen molar-refractivity contribution in [2.75, 3.05) is 37.7 Å². The molecule has 0 unspecified atom stereocenters. The van der Waals surface area contributed by atoms with E-state index < -0.39 is 0 Å². The molecule has 1 fully saturated rings. The summed E-state index contributed by atoms with van der Waals surface area (Å²) in [5.41, 5.74) is 2.29. The fourth-order valence-corrected chi connectivity index (χ4v) is 3.41. The number of rotatable bonds is 4. The van der Waals surface area contributed by atoms with E-state index in [1.807, 2.05) is 30.0 Å². The first kappa shape index (κ1) is 16.8. The van der Waals surface area contributed by atoms with Crippen molar-refractivity contribution >= 4 is 17.7 Å². The average Bonchev–Trinajstić information content (AvgIpc) is 3.04. The van der Waals surface area contributed by atoms with Gasteiger partial charge in [-0.25, -0.2) is 4.79 Å². The number of fused-ring (bicyclic) bond motifs is 1. The monoisotopic (exact) mass is 331 g/mol. The SMILES string of the molecule is CCOC(=O)N1CCC(NCC(=O)N2CCc3ccccc32)CC1. The number of para-hydroxylation sites is 1. The highest BCUT2D eigenvalue weighted by atomic mass is 16.6. The van der Waals surface area contributed by atoms with Crippen molar-refractivity contribution in [3.05, 3.63) is 29.8 Å². The first-order chi connectivity index (χ1) is 11.7. The Morgan fingerprint density at radius 2 is 1.96 bits per heavy atom. The Bertz CT molecular complexity index is 597. The van der Waals surface area contributed by atoms with Crippen molar-refractivity contribution in [2.45, 2.75) is 32.2 Å². The minimum absolute atomic E-state index is 0.118. The lowest BCUT2D eigenvalue weighted by molar-refractivity contribution is -0.117. The van der Waals surface area contributed by atoms with E-state index in [4.69, 9.17) is 4.74 Å². The fraction of sp³-hybridized carbons (Fsp3) is 0.556. The number of likely N-dealkylation sites (tertiary alicyclic amines) is 1. The van der Waals surface area contributed by atoms with Crippen molar-refractivity contribution in [1.82, 2.24) is 10.2 Å². The van der Waals surface area contributed by atoms with E-state index in [0.717, 1.165) is 31.5 Å². The second-order valence-corrected chi connectivity index (χ2v) is 6.27. The molecule has 2 amide bonds. The van der Waals surface area contributed by atoms with Crippen LogP contribution in [0.3, 0.4) is 0 Å². The van der Waals surface area contributed by atoms with Crippen molar-refractivity contribution in [1.29, 1.82) is 0 Å². The van der Waals surface area contributed by atoms with Crippen LogP contribution in [-0.4, -0.2) is 55.7 Å². The van der Waals surface area contributed by atoms with Gasteiger partial charge in [-0.2, -0.15) is 0 Å². The lowest BCUT2D eigenvalue weighted by Gasteiger charge is -2.32. The molecular weight excluding hydrogens is 306 g/mol. The average molecular weight is 331 g/mol. The zero-order valence-corrected chi connectivity index (χ0v) is 14.2. The molecule has 1 saturated heterocycles. The number of carbonyl (C=O) groups is 2. The van der Waals surface area contributed by atoms with Gasteiger partial charge in [-0.1, -0.05) is 18.2 Å². The predicted molar refractivity (Wildman–Crippen MR) is 92.1 cm³/mol. The Kier molecular flexibility index (Phi) is 5.35. The molecule has 3 rings (SSSR count). The topological polar surface area (TPSA) is 61.9 Å². The summed E-state index contributed by atoms with van der Waals surface area (Å²) in [6, 6.07) is 8.36. The van der Waals surface area contributed by atoms with E-state index >= 15 is 0 Å². The summed E-state index contributed by atoms with van der Waals surface area (Å²) < 4.78 is 5.02. The van der Waals surface area contributed by atoms with E-state index in [0.29, 0.717) is 26.2 Å². The first-order valence-electron chi connectivity index (χ1n) is 8.72. The van der Waals surface area contributed by atoms with Gasteiger partial charge in [0.05, 0.1) is 13.2 Å². The molecule has 2 aliphatic rings. The number of hydrogen-bond donors (Lipinski definition) is 1. The van der Waals surface area contributed by atoms with Gasteiger partial charge in [-0.3, -0.25) is 4.79 Å². The van der Waals surface area contributed by atoms with Crippen molar-refractivity contribution in [2.24, 2.45) is 0 Å². The maximum Gasteiger partial charge on any atom is 0.409 e. The van der Waals surface area contributed by atoms with E-state index in [9.17, 15) is 9.59 Å². The molecule has 2 heterocycles. The summed E-state index contributed by atoms with van der Waals surface area (Å²) in [4.78, 5) is 27.8. The second-order valence-electron chi connectivity index (χ2n) is 6.27. The van der Waals surface area contributed by atoms with Crippen LogP contribution < -0.4 is 10.2 Å². The molecule has 0 aromatic heterocycles. The van der Waals surface area contributed by atoms with Gasteiger partial charge in [0.15, 0.2) is 0 Å². The van der Waals surface area contributed by atoms with E-state index in [-0.39, 0.29) is 18.0 Å². The van der Waals surface area contributed by atoms with Crippen LogP contribution in [-0.2, 0) is 16.0 Å². The third kappa shape index (κ3) is 3.70. The van der Waals surface area contributed by atoms with Gasteiger partial charge in [-0.05, 0) is 37.8 Å². The molecule has 6 heteroatoms. The van der Waals surface area contributed by atoms with Crippen LogP contribution in [0.1, 0.15) is 25.3 Å². The lowest BCUT2D eigenvalue weighted by Crippen LogP contribution is -2.47. The van der Waals surface area contributed by atoms with E-state index in [1.165, 1.54) is 5.56 Å². The molecule has 2 aliphatic heterocycles. The van der Waals surface area contributed by atoms with E-state index in [1.54, 1.807) is 4.90 Å². The van der Waals surface area contributed by atoms with Crippen LogP contribution in [0.25, 0.3) is 0 Å². The number of amides is 2. The number of ether oxygens (including phenoxy) is 1. The first-order valence-corrected chi connectivity index (χ1v) is 8.72. The summed E-state index contributed by atoms with van der Waals surface area (Å²) in [5.74, 6) is 0.118. The highest BCUT2D eigenvalue weighted by Crippen LogP contribution is 2.27. The smallest absolute Gasteiger partial charge is 0.409 e. The molecule has 6 nitrogen and oxygen atoms in total. The van der Waals surface area contributed by atoms with Crippen LogP contribution in [0.2, 0.25) is 0 Å². The minimum atomic E-state index is -0.235. The molecule has 1 N–H and O–H groups in total. The molecule has 0 radical (unpaired) electrons. The Hall–Kier alpha value is -2.08. The Morgan fingerprint density at radius 3 is 2.71 bits per heavy atom. The lowest BCUT2D eigenvalue weighted by atomic mass is 10.1. The highest BCUT2D eigenvalue weighted by Gasteiger charge is 2.26. The number of nitrogens with one attached hydrogen (secondary N) is 1. The number of piperidine rings is 1. The summed E-state index contributed by atoms with van der Waals surface area (Å²) in [5, 5.41) is 3.35. The quantitative estimate of drug-likeness (QED) is 0.914. The van der Waals surface area contributed by atoms with Crippen LogP contribution in [0, 0.1) is 0 Å². The third-order valence-electron chi connectivity index (χ3n) is 4.75. The fourth-order valence-electron chi connectivity index (χ4n) is 3.41. The van der Waals surface area contributed by atoms with Crippen molar-refractivity contribution < 1.29 is 14.3 Å². The molecule has 0 saturated carbocycles. The highest BCUT2D eigenvalue weighted by molar-refractivity contribution is 5.96. The molecular formula is C18H25N3O3. The number of anilines is 1. The van der Waals surface area contributed by atoms with Gasteiger partial charge in [0.2, 0.25) is 5.91 Å².